The van der Waals surface area contributed by atoms with E-state index in [1.807, 2.05) is 35.2 Å². The highest BCUT2D eigenvalue weighted by molar-refractivity contribution is 5.84. The second-order valence-corrected chi connectivity index (χ2v) is 5.84. The van der Waals surface area contributed by atoms with E-state index >= 15 is 0 Å². The quantitative estimate of drug-likeness (QED) is 0.766. The second kappa shape index (κ2) is 6.34. The summed E-state index contributed by atoms with van der Waals surface area (Å²) in [6.07, 6.45) is 2.83. The third-order valence-corrected chi connectivity index (χ3v) is 4.24. The van der Waals surface area contributed by atoms with E-state index in [-0.39, 0.29) is 11.7 Å². The van der Waals surface area contributed by atoms with Crippen molar-refractivity contribution in [2.45, 2.75) is 18.9 Å². The van der Waals surface area contributed by atoms with Crippen LogP contribution < -0.4 is 4.90 Å². The molecule has 1 aliphatic heterocycles. The minimum Gasteiger partial charge on any atom is -0.476 e. The fourth-order valence-electron chi connectivity index (χ4n) is 2.89. The van der Waals surface area contributed by atoms with Crippen LogP contribution in [0, 0.1) is 0 Å². The van der Waals surface area contributed by atoms with Crippen molar-refractivity contribution in [1.29, 1.82) is 0 Å². The molecular formula is C16H16N6O3. The number of benzene rings is 1. The summed E-state index contributed by atoms with van der Waals surface area (Å²) in [6, 6.07) is 10.2. The largest absolute Gasteiger partial charge is 0.476 e. The van der Waals surface area contributed by atoms with Crippen LogP contribution in [-0.4, -0.2) is 49.3 Å². The highest BCUT2D eigenvalue weighted by Gasteiger charge is 2.26. The van der Waals surface area contributed by atoms with E-state index in [1.54, 1.807) is 0 Å². The third kappa shape index (κ3) is 3.08. The van der Waals surface area contributed by atoms with Crippen LogP contribution in [0.25, 0.3) is 11.4 Å². The number of hydrogen-bond acceptors (Lipinski definition) is 7. The van der Waals surface area contributed by atoms with Crippen molar-refractivity contribution in [2.75, 3.05) is 18.0 Å². The number of hydrogen-bond donors (Lipinski definition) is 1. The lowest BCUT2D eigenvalue weighted by Gasteiger charge is -2.29. The average molecular weight is 340 g/mol. The van der Waals surface area contributed by atoms with Gasteiger partial charge in [0.15, 0.2) is 5.69 Å². The second-order valence-electron chi connectivity index (χ2n) is 5.84. The van der Waals surface area contributed by atoms with Crippen molar-refractivity contribution in [2.24, 2.45) is 0 Å². The zero-order valence-corrected chi connectivity index (χ0v) is 13.3. The van der Waals surface area contributed by atoms with Crippen LogP contribution in [0.1, 0.15) is 29.4 Å². The molecule has 1 fully saturated rings. The molecule has 0 bridgehead atoms. The van der Waals surface area contributed by atoms with Crippen LogP contribution in [-0.2, 0) is 0 Å². The van der Waals surface area contributed by atoms with Gasteiger partial charge in [-0.25, -0.2) is 4.79 Å². The lowest BCUT2D eigenvalue weighted by Crippen LogP contribution is -2.35. The van der Waals surface area contributed by atoms with Gasteiger partial charge in [-0.2, -0.15) is 14.9 Å². The Morgan fingerprint density at radius 1 is 1.20 bits per heavy atom. The molecule has 2 aromatic heterocycles. The summed E-state index contributed by atoms with van der Waals surface area (Å²) in [5.41, 5.74) is 0.876. The monoisotopic (exact) mass is 340 g/mol. The Morgan fingerprint density at radius 2 is 1.96 bits per heavy atom. The predicted octanol–water partition coefficient (Wildman–Crippen LogP) is 1.87. The van der Waals surface area contributed by atoms with E-state index in [1.165, 1.54) is 11.0 Å². The summed E-state index contributed by atoms with van der Waals surface area (Å²) < 4.78 is 5.38. The molecule has 25 heavy (non-hydrogen) atoms. The van der Waals surface area contributed by atoms with Crippen LogP contribution in [0.2, 0.25) is 0 Å². The van der Waals surface area contributed by atoms with Crippen molar-refractivity contribution in [3.05, 3.63) is 42.2 Å². The number of carbonyl (C=O) groups is 1. The van der Waals surface area contributed by atoms with Crippen molar-refractivity contribution in [1.82, 2.24) is 25.1 Å². The lowest BCUT2D eigenvalue weighted by atomic mass is 10.1. The maximum Gasteiger partial charge on any atom is 0.358 e. The van der Waals surface area contributed by atoms with Crippen molar-refractivity contribution >= 4 is 12.0 Å². The molecule has 4 rings (SSSR count). The number of nitrogens with zero attached hydrogens (tertiary/aromatic N) is 6. The van der Waals surface area contributed by atoms with Crippen LogP contribution in [0.15, 0.2) is 41.1 Å². The Morgan fingerprint density at radius 3 is 2.64 bits per heavy atom. The van der Waals surface area contributed by atoms with Gasteiger partial charge in [0.25, 0.3) is 0 Å². The summed E-state index contributed by atoms with van der Waals surface area (Å²) in [4.78, 5) is 18.9. The van der Waals surface area contributed by atoms with E-state index in [0.29, 0.717) is 24.9 Å². The predicted molar refractivity (Wildman–Crippen MR) is 87.2 cm³/mol. The fraction of sp³-hybridized carbons (Fsp3) is 0.312. The number of aromatic nitrogens is 5. The average Bonchev–Trinajstić information content (AvgIpc) is 3.33. The normalized spacial score (nSPS) is 15.4. The van der Waals surface area contributed by atoms with Gasteiger partial charge in [-0.05, 0) is 12.8 Å². The first-order valence-corrected chi connectivity index (χ1v) is 8.00. The SMILES string of the molecule is O=C(O)c1cnn(C2CCN(c3nc(-c4ccccc4)no3)CC2)n1. The van der Waals surface area contributed by atoms with Gasteiger partial charge in [-0.3, -0.25) is 0 Å². The summed E-state index contributed by atoms with van der Waals surface area (Å²) in [6.45, 7) is 1.43. The molecule has 1 aliphatic rings. The Bertz CT molecular complexity index is 867. The first-order valence-electron chi connectivity index (χ1n) is 8.00. The first kappa shape index (κ1) is 15.3. The summed E-state index contributed by atoms with van der Waals surface area (Å²) in [5.74, 6) is -0.499. The van der Waals surface area contributed by atoms with E-state index in [4.69, 9.17) is 9.63 Å². The van der Waals surface area contributed by atoms with Crippen molar-refractivity contribution in [3.63, 3.8) is 0 Å². The number of aromatic carboxylic acids is 1. The van der Waals surface area contributed by atoms with Gasteiger partial charge in [0.1, 0.15) is 0 Å². The number of piperidine rings is 1. The van der Waals surface area contributed by atoms with Crippen LogP contribution in [0.5, 0.6) is 0 Å². The molecule has 9 nitrogen and oxygen atoms in total. The minimum atomic E-state index is -1.07. The molecule has 1 aromatic carbocycles. The van der Waals surface area contributed by atoms with Gasteiger partial charge in [0.2, 0.25) is 5.82 Å². The summed E-state index contributed by atoms with van der Waals surface area (Å²) in [5, 5.41) is 21.0. The highest BCUT2D eigenvalue weighted by atomic mass is 16.5. The summed E-state index contributed by atoms with van der Waals surface area (Å²) >= 11 is 0. The maximum atomic E-state index is 10.9. The van der Waals surface area contributed by atoms with Gasteiger partial charge in [-0.1, -0.05) is 35.5 Å². The molecule has 0 amide bonds. The molecule has 3 aromatic rings. The molecular weight excluding hydrogens is 324 g/mol. The van der Waals surface area contributed by atoms with Crippen LogP contribution >= 0.6 is 0 Å². The van der Waals surface area contributed by atoms with Crippen LogP contribution in [0.3, 0.4) is 0 Å². The lowest BCUT2D eigenvalue weighted by molar-refractivity contribution is 0.0689. The third-order valence-electron chi connectivity index (χ3n) is 4.24. The Balaban J connectivity index is 1.42. The molecule has 3 heterocycles. The van der Waals surface area contributed by atoms with Crippen molar-refractivity contribution < 1.29 is 14.4 Å². The molecule has 0 spiro atoms. The zero-order chi connectivity index (χ0) is 17.2. The molecule has 0 aliphatic carbocycles. The van der Waals surface area contributed by atoms with E-state index < -0.39 is 5.97 Å². The standard InChI is InChI=1S/C16H16N6O3/c23-15(24)13-10-17-22(19-13)12-6-8-21(9-7-12)16-18-14(20-25-16)11-4-2-1-3-5-11/h1-5,10,12H,6-9H2,(H,23,24). The minimum absolute atomic E-state index is 0.0353. The van der Waals surface area contributed by atoms with Gasteiger partial charge in [-0.15, -0.1) is 5.10 Å². The van der Waals surface area contributed by atoms with Gasteiger partial charge < -0.3 is 14.5 Å². The molecule has 0 atom stereocenters. The molecule has 9 heteroatoms. The van der Waals surface area contributed by atoms with E-state index in [2.05, 4.69) is 20.3 Å². The topological polar surface area (TPSA) is 110 Å². The number of anilines is 1. The van der Waals surface area contributed by atoms with E-state index in [9.17, 15) is 4.79 Å². The molecule has 0 saturated carbocycles. The molecule has 1 N–H and O–H groups in total. The van der Waals surface area contributed by atoms with Crippen molar-refractivity contribution in [3.8, 4) is 11.4 Å². The zero-order valence-electron chi connectivity index (χ0n) is 13.3. The highest BCUT2D eigenvalue weighted by Crippen LogP contribution is 2.26. The van der Waals surface area contributed by atoms with Gasteiger partial charge in [0, 0.05) is 18.7 Å². The van der Waals surface area contributed by atoms with Gasteiger partial charge >= 0.3 is 12.0 Å². The number of rotatable bonds is 4. The maximum absolute atomic E-state index is 10.9. The molecule has 0 radical (unpaired) electrons. The molecule has 128 valence electrons. The fourth-order valence-corrected chi connectivity index (χ4v) is 2.89. The van der Waals surface area contributed by atoms with E-state index in [0.717, 1.165) is 18.4 Å². The van der Waals surface area contributed by atoms with Gasteiger partial charge in [0.05, 0.1) is 12.2 Å². The summed E-state index contributed by atoms with van der Waals surface area (Å²) in [7, 11) is 0. The Labute approximate surface area is 142 Å². The Hall–Kier alpha value is -3.23. The Kier molecular flexibility index (Phi) is 3.88. The number of carboxylic acids is 1. The first-order chi connectivity index (χ1) is 12.2. The number of carboxylic acid groups (broad SMARTS) is 1. The van der Waals surface area contributed by atoms with Crippen LogP contribution in [0.4, 0.5) is 6.01 Å². The molecule has 1 saturated heterocycles. The smallest absolute Gasteiger partial charge is 0.358 e. The molecule has 0 unspecified atom stereocenters.